The molecule has 5 heteroatoms. The van der Waals surface area contributed by atoms with Gasteiger partial charge in [-0.2, -0.15) is 5.26 Å². The van der Waals surface area contributed by atoms with Crippen LogP contribution in [0.2, 0.25) is 0 Å². The van der Waals surface area contributed by atoms with Gasteiger partial charge in [-0.1, -0.05) is 54.0 Å². The molecule has 0 saturated heterocycles. The Morgan fingerprint density at radius 1 is 1.14 bits per heavy atom. The molecular weight excluding hydrogens is 352 g/mol. The average molecular weight is 397 g/mol. The van der Waals surface area contributed by atoms with E-state index in [9.17, 15) is 14.9 Å². The van der Waals surface area contributed by atoms with Gasteiger partial charge in [0.05, 0.1) is 6.07 Å². The second-order valence-corrected chi connectivity index (χ2v) is 7.94. The molecular formula is C23H44N2O3. The van der Waals surface area contributed by atoms with Crippen molar-refractivity contribution < 1.29 is 14.3 Å². The van der Waals surface area contributed by atoms with Gasteiger partial charge in [0.2, 0.25) is 5.91 Å². The number of ether oxygens (including phenoxy) is 1. The van der Waals surface area contributed by atoms with Crippen LogP contribution in [0, 0.1) is 17.2 Å². The van der Waals surface area contributed by atoms with Crippen molar-refractivity contribution in [2.45, 2.75) is 112 Å². The van der Waals surface area contributed by atoms with Gasteiger partial charge in [-0.15, -0.1) is 0 Å². The van der Waals surface area contributed by atoms with Gasteiger partial charge in [-0.05, 0) is 52.9 Å². The summed E-state index contributed by atoms with van der Waals surface area (Å²) in [5, 5.41) is 12.3. The smallest absolute Gasteiger partial charge is 0.303 e. The Morgan fingerprint density at radius 2 is 1.64 bits per heavy atom. The number of nitrogens with zero attached hydrogens (tertiary/aromatic N) is 1. The molecule has 2 unspecified atom stereocenters. The lowest BCUT2D eigenvalue weighted by molar-refractivity contribution is -0.151. The van der Waals surface area contributed by atoms with E-state index in [-0.39, 0.29) is 17.5 Å². The van der Waals surface area contributed by atoms with Crippen LogP contribution in [0.1, 0.15) is 101 Å². The minimum absolute atomic E-state index is 0.214. The minimum atomic E-state index is -0.728. The van der Waals surface area contributed by atoms with E-state index in [2.05, 4.69) is 31.8 Å². The summed E-state index contributed by atoms with van der Waals surface area (Å²) in [5.41, 5.74) is -0.602. The highest BCUT2D eigenvalue weighted by molar-refractivity contribution is 5.92. The molecule has 0 fully saturated rings. The molecule has 0 bridgehead atoms. The van der Waals surface area contributed by atoms with Gasteiger partial charge >= 0.3 is 5.97 Å². The molecule has 0 radical (unpaired) electrons. The Bertz CT molecular complexity index is 501. The molecule has 5 nitrogen and oxygen atoms in total. The molecule has 164 valence electrons. The Morgan fingerprint density at radius 3 is 1.89 bits per heavy atom. The summed E-state index contributed by atoms with van der Waals surface area (Å²) >= 11 is 0. The highest BCUT2D eigenvalue weighted by Crippen LogP contribution is 2.23. The number of hydrogen-bond acceptors (Lipinski definition) is 4. The zero-order valence-electron chi connectivity index (χ0n) is 20.0. The van der Waals surface area contributed by atoms with Crippen molar-refractivity contribution in [1.82, 2.24) is 5.32 Å². The van der Waals surface area contributed by atoms with E-state index in [0.29, 0.717) is 24.3 Å². The lowest BCUT2D eigenvalue weighted by atomic mass is 9.86. The van der Waals surface area contributed by atoms with Crippen LogP contribution in [0.4, 0.5) is 0 Å². The van der Waals surface area contributed by atoms with Crippen molar-refractivity contribution in [2.75, 3.05) is 0 Å². The molecule has 0 aromatic heterocycles. The van der Waals surface area contributed by atoms with E-state index in [0.717, 1.165) is 19.3 Å². The van der Waals surface area contributed by atoms with Crippen LogP contribution >= 0.6 is 0 Å². The lowest BCUT2D eigenvalue weighted by Crippen LogP contribution is -2.47. The van der Waals surface area contributed by atoms with Crippen LogP contribution in [0.3, 0.4) is 0 Å². The van der Waals surface area contributed by atoms with Crippen LogP contribution in [-0.4, -0.2) is 23.0 Å². The van der Waals surface area contributed by atoms with Gasteiger partial charge in [0.1, 0.15) is 11.1 Å². The SMILES string of the molecule is C=C(C)C(=O)NC(C#N)(CCC)CCC(C)CC.CC.CC(=O)OC(C)(C)C. The fourth-order valence-electron chi connectivity index (χ4n) is 2.27. The first-order valence-corrected chi connectivity index (χ1v) is 10.4. The molecule has 0 heterocycles. The first-order chi connectivity index (χ1) is 12.8. The summed E-state index contributed by atoms with van der Waals surface area (Å²) in [7, 11) is 0. The first-order valence-electron chi connectivity index (χ1n) is 10.4. The Labute approximate surface area is 173 Å². The number of carbonyl (C=O) groups excluding carboxylic acids is 2. The Hall–Kier alpha value is -1.83. The molecule has 0 aliphatic carbocycles. The van der Waals surface area contributed by atoms with E-state index in [1.54, 1.807) is 6.92 Å². The molecule has 0 aromatic carbocycles. The topological polar surface area (TPSA) is 79.2 Å². The first kappa shape index (κ1) is 30.9. The summed E-state index contributed by atoms with van der Waals surface area (Å²) < 4.78 is 4.80. The maximum atomic E-state index is 11.7. The van der Waals surface area contributed by atoms with Crippen molar-refractivity contribution in [2.24, 2.45) is 5.92 Å². The van der Waals surface area contributed by atoms with Crippen LogP contribution < -0.4 is 5.32 Å². The van der Waals surface area contributed by atoms with Gasteiger partial charge in [-0.25, -0.2) is 0 Å². The fourth-order valence-corrected chi connectivity index (χ4v) is 2.27. The molecule has 0 aromatic rings. The molecule has 2 atom stereocenters. The maximum Gasteiger partial charge on any atom is 0.303 e. The molecule has 0 aliphatic heterocycles. The summed E-state index contributed by atoms with van der Waals surface area (Å²) in [5.74, 6) is 0.142. The summed E-state index contributed by atoms with van der Waals surface area (Å²) in [6.45, 7) is 22.6. The molecule has 1 N–H and O–H groups in total. The third kappa shape index (κ3) is 17.6. The van der Waals surface area contributed by atoms with Gasteiger partial charge in [0.15, 0.2) is 0 Å². The largest absolute Gasteiger partial charge is 0.460 e. The number of carbonyl (C=O) groups is 2. The van der Waals surface area contributed by atoms with E-state index < -0.39 is 5.54 Å². The molecule has 28 heavy (non-hydrogen) atoms. The summed E-state index contributed by atoms with van der Waals surface area (Å²) in [6, 6.07) is 2.31. The van der Waals surface area contributed by atoms with Crippen LogP contribution in [0.15, 0.2) is 12.2 Å². The van der Waals surface area contributed by atoms with Gasteiger partial charge in [0, 0.05) is 12.5 Å². The fraction of sp³-hybridized carbons (Fsp3) is 0.783. The number of nitrogens with one attached hydrogen (secondary N) is 1. The predicted molar refractivity (Wildman–Crippen MR) is 118 cm³/mol. The minimum Gasteiger partial charge on any atom is -0.460 e. The van der Waals surface area contributed by atoms with Gasteiger partial charge < -0.3 is 10.1 Å². The van der Waals surface area contributed by atoms with E-state index in [4.69, 9.17) is 4.74 Å². The van der Waals surface area contributed by atoms with Crippen molar-refractivity contribution in [3.8, 4) is 6.07 Å². The van der Waals surface area contributed by atoms with E-state index in [1.165, 1.54) is 6.92 Å². The third-order valence-corrected chi connectivity index (χ3v) is 3.84. The number of rotatable bonds is 8. The number of hydrogen-bond donors (Lipinski definition) is 1. The number of amides is 1. The summed E-state index contributed by atoms with van der Waals surface area (Å²) in [4.78, 5) is 22.0. The highest BCUT2D eigenvalue weighted by atomic mass is 16.6. The Kier molecular flexibility index (Phi) is 17.8. The van der Waals surface area contributed by atoms with Gasteiger partial charge in [-0.3, -0.25) is 9.59 Å². The average Bonchev–Trinajstić information content (AvgIpc) is 2.59. The normalized spacial score (nSPS) is 13.2. The second kappa shape index (κ2) is 16.2. The van der Waals surface area contributed by atoms with Crippen molar-refractivity contribution in [1.29, 1.82) is 5.26 Å². The van der Waals surface area contributed by atoms with Crippen molar-refractivity contribution in [3.63, 3.8) is 0 Å². The molecule has 0 saturated carbocycles. The number of esters is 1. The van der Waals surface area contributed by atoms with E-state index >= 15 is 0 Å². The molecule has 0 aliphatic rings. The molecule has 0 spiro atoms. The quantitative estimate of drug-likeness (QED) is 0.406. The van der Waals surface area contributed by atoms with Crippen molar-refractivity contribution >= 4 is 11.9 Å². The van der Waals surface area contributed by atoms with E-state index in [1.807, 2.05) is 41.5 Å². The monoisotopic (exact) mass is 396 g/mol. The second-order valence-electron chi connectivity index (χ2n) is 7.94. The maximum absolute atomic E-state index is 11.7. The third-order valence-electron chi connectivity index (χ3n) is 3.84. The van der Waals surface area contributed by atoms with Crippen LogP contribution in [0.25, 0.3) is 0 Å². The Balaban J connectivity index is -0.000000522. The van der Waals surface area contributed by atoms with Crippen LogP contribution in [-0.2, 0) is 14.3 Å². The number of nitriles is 1. The van der Waals surface area contributed by atoms with Crippen molar-refractivity contribution in [3.05, 3.63) is 12.2 Å². The van der Waals surface area contributed by atoms with Gasteiger partial charge in [0.25, 0.3) is 0 Å². The predicted octanol–water partition coefficient (Wildman–Crippen LogP) is 5.94. The summed E-state index contributed by atoms with van der Waals surface area (Å²) in [6.07, 6.45) is 4.34. The molecule has 1 amide bonds. The van der Waals surface area contributed by atoms with Crippen LogP contribution in [0.5, 0.6) is 0 Å². The standard InChI is InChI=1S/C15H26N2O.C6H12O2.C2H6/c1-6-9-15(11-16,10-8-13(5)7-2)17-14(18)12(3)4;1-5(7)8-6(2,3)4;1-2/h13H,3,6-10H2,1-2,4-5H3,(H,17,18);1-4H3;1-2H3. The zero-order chi connectivity index (χ0) is 23.0. The zero-order valence-corrected chi connectivity index (χ0v) is 20.0. The highest BCUT2D eigenvalue weighted by Gasteiger charge is 2.31. The lowest BCUT2D eigenvalue weighted by Gasteiger charge is -2.28. The molecule has 0 rings (SSSR count).